The number of anilines is 2. The van der Waals surface area contributed by atoms with Crippen LogP contribution >= 0.6 is 13.5 Å². The molecule has 0 aliphatic rings. The lowest BCUT2D eigenvalue weighted by Crippen LogP contribution is -2.12. The molecule has 3 rings (SSSR count). The average molecular weight is 298 g/mol. The number of nitrogens with zero attached hydrogens (tertiary/aromatic N) is 2. The summed E-state index contributed by atoms with van der Waals surface area (Å²) in [5.74, 6) is 0.819. The van der Waals surface area contributed by atoms with E-state index in [2.05, 4.69) is 20.6 Å². The van der Waals surface area contributed by atoms with Crippen LogP contribution in [0.2, 0.25) is 0 Å². The second kappa shape index (κ2) is 6.95. The van der Waals surface area contributed by atoms with E-state index in [1.807, 2.05) is 61.5 Å². The zero-order valence-electron chi connectivity index (χ0n) is 11.8. The minimum atomic E-state index is 0. The smallest absolute Gasteiger partial charge is 0.161 e. The Morgan fingerprint density at radius 2 is 1.62 bits per heavy atom. The van der Waals surface area contributed by atoms with Crippen LogP contribution in [0.1, 0.15) is 5.69 Å². The molecule has 0 saturated heterocycles. The van der Waals surface area contributed by atoms with E-state index in [4.69, 9.17) is 0 Å². The van der Waals surface area contributed by atoms with Crippen molar-refractivity contribution >= 4 is 36.0 Å². The Morgan fingerprint density at radius 3 is 2.43 bits per heavy atom. The van der Waals surface area contributed by atoms with Crippen LogP contribution < -0.4 is 10.6 Å². The number of hydrogen-bond donors (Lipinski definition) is 2. The van der Waals surface area contributed by atoms with Gasteiger partial charge in [0.05, 0.1) is 6.67 Å². The van der Waals surface area contributed by atoms with Gasteiger partial charge in [0.15, 0.2) is 5.65 Å². The summed E-state index contributed by atoms with van der Waals surface area (Å²) in [5, 5.41) is 7.58. The highest BCUT2D eigenvalue weighted by Crippen LogP contribution is 2.13. The van der Waals surface area contributed by atoms with Gasteiger partial charge in [-0.05, 0) is 43.3 Å². The summed E-state index contributed by atoms with van der Waals surface area (Å²) in [5.41, 5.74) is 2.83. The van der Waals surface area contributed by atoms with Gasteiger partial charge in [-0.2, -0.15) is 13.5 Å². The van der Waals surface area contributed by atoms with Crippen LogP contribution in [0.4, 0.5) is 11.5 Å². The Bertz CT molecular complexity index is 716. The van der Waals surface area contributed by atoms with Gasteiger partial charge in [-0.1, -0.05) is 18.2 Å². The van der Waals surface area contributed by atoms with Crippen molar-refractivity contribution < 1.29 is 0 Å². The third-order valence-electron chi connectivity index (χ3n) is 3.03. The topological polar surface area (TPSA) is 49.8 Å². The van der Waals surface area contributed by atoms with Gasteiger partial charge in [0, 0.05) is 16.8 Å². The molecule has 0 unspecified atom stereocenters. The monoisotopic (exact) mass is 298 g/mol. The fraction of sp³-hybridized carbons (Fsp3) is 0.125. The second-order valence-electron chi connectivity index (χ2n) is 4.59. The van der Waals surface area contributed by atoms with Crippen LogP contribution in [0.5, 0.6) is 0 Å². The van der Waals surface area contributed by atoms with E-state index in [0.29, 0.717) is 6.67 Å². The SMILES string of the molecule is Cc1ccc2ccc(NCNc3ccccc3)nc2n1.S. The van der Waals surface area contributed by atoms with Crippen molar-refractivity contribution in [3.63, 3.8) is 0 Å². The molecule has 21 heavy (non-hydrogen) atoms. The molecule has 2 heterocycles. The number of para-hydroxylation sites is 1. The molecule has 0 amide bonds. The lowest BCUT2D eigenvalue weighted by molar-refractivity contribution is 1.15. The molecule has 0 spiro atoms. The van der Waals surface area contributed by atoms with Crippen molar-refractivity contribution in [2.24, 2.45) is 0 Å². The predicted molar refractivity (Wildman–Crippen MR) is 93.2 cm³/mol. The molecule has 3 aromatic rings. The van der Waals surface area contributed by atoms with Crippen molar-refractivity contribution in [3.05, 3.63) is 60.3 Å². The van der Waals surface area contributed by atoms with Crippen LogP contribution in [0.3, 0.4) is 0 Å². The van der Waals surface area contributed by atoms with Crippen LogP contribution in [-0.2, 0) is 0 Å². The number of hydrogen-bond acceptors (Lipinski definition) is 4. The molecule has 4 nitrogen and oxygen atoms in total. The van der Waals surface area contributed by atoms with E-state index >= 15 is 0 Å². The first-order valence-corrected chi connectivity index (χ1v) is 6.58. The fourth-order valence-corrected chi connectivity index (χ4v) is 1.98. The molecule has 2 N–H and O–H groups in total. The summed E-state index contributed by atoms with van der Waals surface area (Å²) in [7, 11) is 0. The van der Waals surface area contributed by atoms with E-state index in [1.54, 1.807) is 0 Å². The molecule has 5 heteroatoms. The van der Waals surface area contributed by atoms with E-state index in [0.717, 1.165) is 28.2 Å². The number of nitrogens with one attached hydrogen (secondary N) is 2. The molecule has 2 aromatic heterocycles. The quantitative estimate of drug-likeness (QED) is 0.723. The molecular weight excluding hydrogens is 280 g/mol. The number of aryl methyl sites for hydroxylation is 1. The molecular formula is C16H18N4S. The first-order valence-electron chi connectivity index (χ1n) is 6.58. The number of aromatic nitrogens is 2. The van der Waals surface area contributed by atoms with E-state index < -0.39 is 0 Å². The maximum atomic E-state index is 4.51. The summed E-state index contributed by atoms with van der Waals surface area (Å²) >= 11 is 0. The Morgan fingerprint density at radius 1 is 0.857 bits per heavy atom. The molecule has 0 aliphatic heterocycles. The van der Waals surface area contributed by atoms with Crippen LogP contribution in [0, 0.1) is 6.92 Å². The predicted octanol–water partition coefficient (Wildman–Crippen LogP) is 3.53. The van der Waals surface area contributed by atoms with Gasteiger partial charge in [0.1, 0.15) is 5.82 Å². The highest BCUT2D eigenvalue weighted by Gasteiger charge is 1.99. The van der Waals surface area contributed by atoms with Gasteiger partial charge >= 0.3 is 0 Å². The summed E-state index contributed by atoms with van der Waals surface area (Å²) in [6.07, 6.45) is 0. The Hall–Kier alpha value is -2.27. The number of fused-ring (bicyclic) bond motifs is 1. The Kier molecular flexibility index (Phi) is 5.00. The van der Waals surface area contributed by atoms with Crippen molar-refractivity contribution in [1.29, 1.82) is 0 Å². The van der Waals surface area contributed by atoms with E-state index in [-0.39, 0.29) is 13.5 Å². The number of pyridine rings is 2. The summed E-state index contributed by atoms with van der Waals surface area (Å²) < 4.78 is 0. The summed E-state index contributed by atoms with van der Waals surface area (Å²) in [6, 6.07) is 18.1. The fourth-order valence-electron chi connectivity index (χ4n) is 1.98. The minimum Gasteiger partial charge on any atom is -0.368 e. The normalized spacial score (nSPS) is 9.95. The van der Waals surface area contributed by atoms with Gasteiger partial charge in [-0.3, -0.25) is 0 Å². The Balaban J connectivity index is 0.00000161. The van der Waals surface area contributed by atoms with Gasteiger partial charge in [0.2, 0.25) is 0 Å². The van der Waals surface area contributed by atoms with Gasteiger partial charge in [-0.15, -0.1) is 0 Å². The molecule has 0 bridgehead atoms. The van der Waals surface area contributed by atoms with Gasteiger partial charge < -0.3 is 10.6 Å². The lowest BCUT2D eigenvalue weighted by Gasteiger charge is -2.09. The third kappa shape index (κ3) is 3.86. The minimum absolute atomic E-state index is 0. The molecule has 0 aliphatic carbocycles. The lowest BCUT2D eigenvalue weighted by atomic mass is 10.2. The maximum absolute atomic E-state index is 4.51. The van der Waals surface area contributed by atoms with E-state index in [9.17, 15) is 0 Å². The first kappa shape index (κ1) is 15.1. The van der Waals surface area contributed by atoms with Gasteiger partial charge in [-0.25, -0.2) is 9.97 Å². The van der Waals surface area contributed by atoms with Crippen molar-refractivity contribution in [1.82, 2.24) is 9.97 Å². The van der Waals surface area contributed by atoms with Gasteiger partial charge in [0.25, 0.3) is 0 Å². The summed E-state index contributed by atoms with van der Waals surface area (Å²) in [4.78, 5) is 8.94. The average Bonchev–Trinajstić information content (AvgIpc) is 2.48. The number of rotatable bonds is 4. The van der Waals surface area contributed by atoms with Crippen molar-refractivity contribution in [3.8, 4) is 0 Å². The number of benzene rings is 1. The summed E-state index contributed by atoms with van der Waals surface area (Å²) in [6.45, 7) is 2.59. The largest absolute Gasteiger partial charge is 0.368 e. The standard InChI is InChI=1S/C16H16N4.H2S/c1-12-7-8-13-9-10-15(20-16(13)19-12)18-11-17-14-5-3-2-4-6-14;/h2-10,17H,11H2,1H3,(H,18,19,20);1H2. The molecule has 0 saturated carbocycles. The van der Waals surface area contributed by atoms with Crippen LogP contribution in [-0.4, -0.2) is 16.6 Å². The first-order chi connectivity index (χ1) is 9.81. The molecule has 0 radical (unpaired) electrons. The van der Waals surface area contributed by atoms with Crippen molar-refractivity contribution in [2.45, 2.75) is 6.92 Å². The van der Waals surface area contributed by atoms with Crippen LogP contribution in [0.25, 0.3) is 11.0 Å². The maximum Gasteiger partial charge on any atom is 0.161 e. The van der Waals surface area contributed by atoms with Crippen LogP contribution in [0.15, 0.2) is 54.6 Å². The molecule has 108 valence electrons. The van der Waals surface area contributed by atoms with E-state index in [1.165, 1.54) is 0 Å². The third-order valence-corrected chi connectivity index (χ3v) is 3.03. The highest BCUT2D eigenvalue weighted by molar-refractivity contribution is 7.59. The molecule has 1 aromatic carbocycles. The highest BCUT2D eigenvalue weighted by atomic mass is 32.1. The zero-order chi connectivity index (χ0) is 13.8. The second-order valence-corrected chi connectivity index (χ2v) is 4.59. The van der Waals surface area contributed by atoms with Crippen molar-refractivity contribution in [2.75, 3.05) is 17.3 Å². The molecule has 0 fully saturated rings. The molecule has 0 atom stereocenters. The zero-order valence-corrected chi connectivity index (χ0v) is 12.8. The Labute approximate surface area is 131 Å².